The minimum Gasteiger partial charge on any atom is -0.534 e. The number of hydrogen-bond donors (Lipinski definition) is 3. The number of carbonyl (C=O) groups excluding carboxylic acids is 1. The summed E-state index contributed by atoms with van der Waals surface area (Å²) in [7, 11) is -1.33. The number of hydrogen-bond acceptors (Lipinski definition) is 5. The van der Waals surface area contributed by atoms with E-state index < -0.39 is 19.0 Å². The molecule has 0 saturated heterocycles. The minimum atomic E-state index is -1.33. The van der Waals surface area contributed by atoms with Gasteiger partial charge in [-0.05, 0) is 29.7 Å². The summed E-state index contributed by atoms with van der Waals surface area (Å²) < 4.78 is 5.33. The third-order valence-corrected chi connectivity index (χ3v) is 4.07. The number of pyridine rings is 1. The molecule has 0 aliphatic carbocycles. The molecule has 128 valence electrons. The number of carboxylic acid groups (broad SMARTS) is 1. The van der Waals surface area contributed by atoms with Gasteiger partial charge >= 0.3 is 13.1 Å². The van der Waals surface area contributed by atoms with Gasteiger partial charge in [-0.3, -0.25) is 4.79 Å². The van der Waals surface area contributed by atoms with Gasteiger partial charge in [0.2, 0.25) is 5.91 Å². The van der Waals surface area contributed by atoms with Crippen molar-refractivity contribution >= 4 is 30.6 Å². The molecule has 1 aliphatic heterocycles. The van der Waals surface area contributed by atoms with Crippen LogP contribution in [0.25, 0.3) is 0 Å². The maximum atomic E-state index is 12.2. The highest BCUT2D eigenvalue weighted by Gasteiger charge is 2.37. The topological polar surface area (TPSA) is 109 Å². The second kappa shape index (κ2) is 7.12. The molecule has 3 N–H and O–H groups in total. The number of rotatable bonds is 4. The van der Waals surface area contributed by atoms with Gasteiger partial charge < -0.3 is 20.1 Å². The largest absolute Gasteiger partial charge is 0.547 e. The van der Waals surface area contributed by atoms with E-state index in [0.717, 1.165) is 0 Å². The number of aromatic nitrogens is 1. The minimum absolute atomic E-state index is 0.0198. The van der Waals surface area contributed by atoms with Crippen molar-refractivity contribution in [1.82, 2.24) is 10.3 Å². The first-order valence-electron chi connectivity index (χ1n) is 7.53. The summed E-state index contributed by atoms with van der Waals surface area (Å²) in [5.74, 6) is -1.99. The van der Waals surface area contributed by atoms with Gasteiger partial charge in [0.25, 0.3) is 0 Å². The van der Waals surface area contributed by atoms with Crippen molar-refractivity contribution in [2.75, 3.05) is 0 Å². The lowest BCUT2D eigenvalue weighted by atomic mass is 9.72. The summed E-state index contributed by atoms with van der Waals surface area (Å²) in [6.45, 7) is 0. The predicted octanol–water partition coefficient (Wildman–Crippen LogP) is 1.12. The molecule has 1 aliphatic rings. The molecule has 0 radical (unpaired) electrons. The summed E-state index contributed by atoms with van der Waals surface area (Å²) in [6.07, 6.45) is 1.85. The molecule has 1 aromatic carbocycles. The van der Waals surface area contributed by atoms with Crippen LogP contribution in [0.3, 0.4) is 0 Å². The second-order valence-corrected chi connectivity index (χ2v) is 6.04. The van der Waals surface area contributed by atoms with Crippen LogP contribution in [0.4, 0.5) is 0 Å². The van der Waals surface area contributed by atoms with Gasteiger partial charge in [-0.25, -0.2) is 9.78 Å². The van der Waals surface area contributed by atoms with Gasteiger partial charge in [-0.15, -0.1) is 0 Å². The van der Waals surface area contributed by atoms with Crippen LogP contribution < -0.4 is 9.97 Å². The summed E-state index contributed by atoms with van der Waals surface area (Å²) in [6, 6.07) is 7.99. The van der Waals surface area contributed by atoms with Gasteiger partial charge in [0.15, 0.2) is 0 Å². The van der Waals surface area contributed by atoms with Crippen molar-refractivity contribution in [2.45, 2.75) is 18.8 Å². The molecule has 0 fully saturated rings. The highest BCUT2D eigenvalue weighted by Crippen LogP contribution is 2.30. The van der Waals surface area contributed by atoms with Crippen LogP contribution in [0.2, 0.25) is 5.15 Å². The van der Waals surface area contributed by atoms with E-state index in [1.54, 1.807) is 24.3 Å². The van der Waals surface area contributed by atoms with E-state index in [-0.39, 0.29) is 30.1 Å². The van der Waals surface area contributed by atoms with Gasteiger partial charge in [0.1, 0.15) is 10.9 Å². The number of aromatic carboxylic acids is 1. The first-order valence-corrected chi connectivity index (χ1v) is 7.91. The average Bonchev–Trinajstić information content (AvgIpc) is 2.57. The number of carboxylic acids is 1. The smallest absolute Gasteiger partial charge is 0.534 e. The molecule has 1 amide bonds. The number of halogens is 1. The number of nitrogens with one attached hydrogen (secondary N) is 1. The molecule has 2 aromatic rings. The third kappa shape index (κ3) is 3.92. The normalized spacial score (nSPS) is 15.9. The SMILES string of the molecule is O=C(Cc1ccc(Cl)nc1)N[C@H]1Cc2cccc(C(=O)O)c2OB1O. The highest BCUT2D eigenvalue weighted by molar-refractivity contribution is 6.47. The van der Waals surface area contributed by atoms with E-state index in [9.17, 15) is 19.7 Å². The number of carbonyl (C=O) groups is 2. The van der Waals surface area contributed by atoms with Crippen LogP contribution in [0.5, 0.6) is 5.75 Å². The second-order valence-electron chi connectivity index (χ2n) is 5.65. The molecule has 0 bridgehead atoms. The summed E-state index contributed by atoms with van der Waals surface area (Å²) >= 11 is 5.70. The Morgan fingerprint density at radius 3 is 2.84 bits per heavy atom. The molecule has 7 nitrogen and oxygen atoms in total. The molecule has 0 unspecified atom stereocenters. The Morgan fingerprint density at radius 2 is 2.16 bits per heavy atom. The van der Waals surface area contributed by atoms with Crippen LogP contribution in [-0.2, 0) is 17.6 Å². The van der Waals surface area contributed by atoms with Gasteiger partial charge in [0, 0.05) is 6.20 Å². The van der Waals surface area contributed by atoms with Crippen LogP contribution in [0.1, 0.15) is 21.5 Å². The van der Waals surface area contributed by atoms with Crippen molar-refractivity contribution in [3.05, 3.63) is 58.4 Å². The van der Waals surface area contributed by atoms with E-state index in [2.05, 4.69) is 10.3 Å². The lowest BCUT2D eigenvalue weighted by molar-refractivity contribution is -0.120. The fourth-order valence-electron chi connectivity index (χ4n) is 2.67. The van der Waals surface area contributed by atoms with Crippen LogP contribution in [0, 0.1) is 0 Å². The van der Waals surface area contributed by atoms with Gasteiger partial charge in [-0.1, -0.05) is 29.8 Å². The summed E-state index contributed by atoms with van der Waals surface area (Å²) in [5, 5.41) is 22.3. The molecule has 0 saturated carbocycles. The number of benzene rings is 1. The quantitative estimate of drug-likeness (QED) is 0.557. The Morgan fingerprint density at radius 1 is 1.36 bits per heavy atom. The maximum Gasteiger partial charge on any atom is 0.547 e. The van der Waals surface area contributed by atoms with E-state index in [0.29, 0.717) is 16.3 Å². The summed E-state index contributed by atoms with van der Waals surface area (Å²) in [4.78, 5) is 27.3. The molecule has 2 heterocycles. The van der Waals surface area contributed by atoms with E-state index in [1.165, 1.54) is 12.3 Å². The number of nitrogens with zero attached hydrogens (tertiary/aromatic N) is 1. The van der Waals surface area contributed by atoms with Gasteiger partial charge in [-0.2, -0.15) is 0 Å². The Bertz CT molecular complexity index is 815. The zero-order valence-corrected chi connectivity index (χ0v) is 13.7. The number of amides is 1. The first kappa shape index (κ1) is 17.3. The van der Waals surface area contributed by atoms with Gasteiger partial charge in [0.05, 0.1) is 17.9 Å². The average molecular weight is 361 g/mol. The Balaban J connectivity index is 1.70. The van der Waals surface area contributed by atoms with Crippen LogP contribution >= 0.6 is 11.6 Å². The Labute approximate surface area is 148 Å². The predicted molar refractivity (Wildman–Crippen MR) is 90.6 cm³/mol. The molecule has 9 heteroatoms. The standard InChI is InChI=1S/C16H14BClN2O5/c18-13-5-4-9(8-19-13)6-14(21)20-12-7-10-2-1-3-11(16(22)23)15(10)25-17(12)24/h1-5,8,12,24H,6-7H2,(H,20,21)(H,22,23)/t12-/m0/s1. The fraction of sp³-hybridized carbons (Fsp3) is 0.188. The van der Waals surface area contributed by atoms with E-state index in [4.69, 9.17) is 16.3 Å². The van der Waals surface area contributed by atoms with Crippen molar-refractivity contribution < 1.29 is 24.4 Å². The Kier molecular flexibility index (Phi) is 4.92. The number of fused-ring (bicyclic) bond motifs is 1. The molecular weight excluding hydrogens is 346 g/mol. The Hall–Kier alpha value is -2.58. The highest BCUT2D eigenvalue weighted by atomic mass is 35.5. The van der Waals surface area contributed by atoms with Crippen LogP contribution in [-0.4, -0.2) is 40.1 Å². The molecule has 1 atom stereocenters. The zero-order valence-electron chi connectivity index (χ0n) is 13.0. The van der Waals surface area contributed by atoms with Crippen molar-refractivity contribution in [2.24, 2.45) is 0 Å². The monoisotopic (exact) mass is 360 g/mol. The van der Waals surface area contributed by atoms with Crippen molar-refractivity contribution in [3.8, 4) is 5.75 Å². The van der Waals surface area contributed by atoms with Crippen molar-refractivity contribution in [1.29, 1.82) is 0 Å². The zero-order chi connectivity index (χ0) is 18.0. The van der Waals surface area contributed by atoms with E-state index in [1.807, 2.05) is 0 Å². The lowest BCUT2D eigenvalue weighted by Crippen LogP contribution is -2.53. The maximum absolute atomic E-state index is 12.2. The lowest BCUT2D eigenvalue weighted by Gasteiger charge is -2.28. The summed E-state index contributed by atoms with van der Waals surface area (Å²) in [5.41, 5.74) is 1.28. The van der Waals surface area contributed by atoms with Crippen LogP contribution in [0.15, 0.2) is 36.5 Å². The third-order valence-electron chi connectivity index (χ3n) is 3.85. The van der Waals surface area contributed by atoms with Crippen molar-refractivity contribution in [3.63, 3.8) is 0 Å². The molecule has 25 heavy (non-hydrogen) atoms. The first-order chi connectivity index (χ1) is 11.9. The van der Waals surface area contributed by atoms with E-state index >= 15 is 0 Å². The molecule has 0 spiro atoms. The molecule has 3 rings (SSSR count). The number of para-hydroxylation sites is 1. The molecular formula is C16H14BClN2O5. The fourth-order valence-corrected chi connectivity index (χ4v) is 2.78. The molecule has 1 aromatic heterocycles.